The predicted molar refractivity (Wildman–Crippen MR) is 93.4 cm³/mol. The summed E-state index contributed by atoms with van der Waals surface area (Å²) in [4.78, 5) is 11.0. The van der Waals surface area contributed by atoms with E-state index in [1.165, 1.54) is 6.92 Å². The van der Waals surface area contributed by atoms with Crippen LogP contribution < -0.4 is 0 Å². The normalized spacial score (nSPS) is 15.1. The molecule has 0 amide bonds. The highest BCUT2D eigenvalue weighted by atomic mass is 32.2. The molecule has 0 spiro atoms. The van der Waals surface area contributed by atoms with Gasteiger partial charge in [0.1, 0.15) is 23.1 Å². The van der Waals surface area contributed by atoms with Crippen molar-refractivity contribution in [3.63, 3.8) is 0 Å². The molecule has 0 aromatic heterocycles. The van der Waals surface area contributed by atoms with E-state index < -0.39 is 44.1 Å². The third kappa shape index (κ3) is 3.89. The first-order valence-electron chi connectivity index (χ1n) is 8.08. The minimum Gasteiger partial charge on any atom is -0.457 e. The van der Waals surface area contributed by atoms with Crippen molar-refractivity contribution in [3.05, 3.63) is 64.2 Å². The Hall–Kier alpha value is -2.75. The molecule has 0 fully saturated rings. The summed E-state index contributed by atoms with van der Waals surface area (Å²) in [5.41, 5.74) is -1.21. The van der Waals surface area contributed by atoms with Crippen molar-refractivity contribution in [2.24, 2.45) is 0 Å². The molecule has 0 saturated carbocycles. The summed E-state index contributed by atoms with van der Waals surface area (Å²) in [7, 11) is -4.18. The Morgan fingerprint density at radius 2 is 1.59 bits per heavy atom. The lowest BCUT2D eigenvalue weighted by Gasteiger charge is -2.12. The van der Waals surface area contributed by atoms with Gasteiger partial charge in [-0.05, 0) is 41.8 Å². The van der Waals surface area contributed by atoms with Crippen LogP contribution in [0.4, 0.5) is 22.0 Å². The van der Waals surface area contributed by atoms with E-state index in [0.29, 0.717) is 6.26 Å². The molecule has 0 unspecified atom stereocenters. The molecule has 0 radical (unpaired) electrons. The molecule has 4 nitrogen and oxygen atoms in total. The fraction of sp³-hybridized carbons (Fsp3) is 0.211. The lowest BCUT2D eigenvalue weighted by atomic mass is 9.94. The van der Waals surface area contributed by atoms with Gasteiger partial charge in [0, 0.05) is 11.8 Å². The summed E-state index contributed by atoms with van der Waals surface area (Å²) in [6.07, 6.45) is -3.93. The van der Waals surface area contributed by atoms with Gasteiger partial charge in [-0.15, -0.1) is 0 Å². The molecule has 1 aliphatic heterocycles. The monoisotopic (exact) mass is 432 g/mol. The second-order valence-corrected chi connectivity index (χ2v) is 8.45. The van der Waals surface area contributed by atoms with Crippen molar-refractivity contribution in [1.29, 1.82) is 0 Å². The Bertz CT molecular complexity index is 1140. The summed E-state index contributed by atoms with van der Waals surface area (Å²) < 4.78 is 95.3. The number of esters is 1. The number of carbonyl (C=O) groups is 1. The quantitative estimate of drug-likeness (QED) is 0.540. The fourth-order valence-electron chi connectivity index (χ4n) is 3.15. The molecule has 0 aliphatic carbocycles. The molecule has 10 heteroatoms. The maximum absolute atomic E-state index is 14.2. The van der Waals surface area contributed by atoms with Crippen LogP contribution in [0.2, 0.25) is 0 Å². The number of aryl methyl sites for hydroxylation is 1. The maximum atomic E-state index is 14.2. The minimum absolute atomic E-state index is 0.0343. The fourth-order valence-corrected chi connectivity index (χ4v) is 3.98. The molecule has 0 N–H and O–H groups in total. The molecule has 2 aromatic rings. The number of hydrogen-bond acceptors (Lipinski definition) is 4. The van der Waals surface area contributed by atoms with Crippen molar-refractivity contribution in [2.75, 3.05) is 12.9 Å². The number of carbonyl (C=O) groups excluding carboxylic acids is 1. The average Bonchev–Trinajstić information content (AvgIpc) is 2.93. The summed E-state index contributed by atoms with van der Waals surface area (Å²) >= 11 is 0. The molecule has 0 bridgehead atoms. The molecular weight excluding hydrogens is 419 g/mol. The van der Waals surface area contributed by atoms with Crippen LogP contribution in [0, 0.1) is 18.6 Å². The minimum atomic E-state index is -4.58. The highest BCUT2D eigenvalue weighted by Crippen LogP contribution is 2.37. The van der Waals surface area contributed by atoms with Crippen molar-refractivity contribution in [1.82, 2.24) is 0 Å². The number of rotatable bonds is 3. The van der Waals surface area contributed by atoms with Crippen molar-refractivity contribution in [2.45, 2.75) is 18.0 Å². The number of benzene rings is 2. The zero-order valence-electron chi connectivity index (χ0n) is 15.0. The first-order valence-corrected chi connectivity index (χ1v) is 9.98. The Kier molecular flexibility index (Phi) is 5.02. The van der Waals surface area contributed by atoms with Gasteiger partial charge < -0.3 is 4.74 Å². The van der Waals surface area contributed by atoms with E-state index in [9.17, 15) is 35.2 Å². The van der Waals surface area contributed by atoms with Gasteiger partial charge in [0.05, 0.1) is 11.1 Å². The number of sulfone groups is 1. The summed E-state index contributed by atoms with van der Waals surface area (Å²) in [5.74, 6) is -3.57. The van der Waals surface area contributed by atoms with E-state index in [4.69, 9.17) is 4.74 Å². The number of halogens is 5. The topological polar surface area (TPSA) is 60.4 Å². The number of alkyl halides is 3. The van der Waals surface area contributed by atoms with Crippen LogP contribution in [0.15, 0.2) is 35.2 Å². The summed E-state index contributed by atoms with van der Waals surface area (Å²) in [6, 6.07) is 4.48. The van der Waals surface area contributed by atoms with E-state index in [2.05, 4.69) is 0 Å². The lowest BCUT2D eigenvalue weighted by Crippen LogP contribution is -2.08. The van der Waals surface area contributed by atoms with Crippen LogP contribution in [0.1, 0.15) is 22.3 Å². The van der Waals surface area contributed by atoms with E-state index in [1.54, 1.807) is 0 Å². The van der Waals surface area contributed by atoms with E-state index in [0.717, 1.165) is 30.3 Å². The van der Waals surface area contributed by atoms with Gasteiger partial charge in [-0.1, -0.05) is 12.1 Å². The smallest absolute Gasteiger partial charge is 0.416 e. The third-order valence-electron chi connectivity index (χ3n) is 4.39. The molecule has 2 aromatic carbocycles. The Morgan fingerprint density at radius 1 is 1.00 bits per heavy atom. The number of ether oxygens (including phenoxy) is 1. The number of hydrogen-bond donors (Lipinski definition) is 0. The van der Waals surface area contributed by atoms with Gasteiger partial charge in [0.25, 0.3) is 0 Å². The SMILES string of the molecule is Cc1cc(C2=C(c3cc(F)c(S(C)(=O)=O)c(F)c3)COC2=O)ccc1C(F)(F)F. The van der Waals surface area contributed by atoms with Crippen LogP contribution in [0.3, 0.4) is 0 Å². The van der Waals surface area contributed by atoms with Gasteiger partial charge >= 0.3 is 12.1 Å². The van der Waals surface area contributed by atoms with Crippen molar-refractivity contribution in [3.8, 4) is 0 Å². The Labute approximate surface area is 162 Å². The standard InChI is InChI=1S/C19H13F5O4S/c1-9-5-10(3-4-13(9)19(22,23)24)16-12(8-28-18(16)25)11-6-14(20)17(15(21)7-11)29(2,26)27/h3-7H,8H2,1-2H3. The van der Waals surface area contributed by atoms with Gasteiger partial charge in [-0.3, -0.25) is 0 Å². The van der Waals surface area contributed by atoms with Gasteiger partial charge in [-0.2, -0.15) is 13.2 Å². The zero-order valence-corrected chi connectivity index (χ0v) is 15.8. The van der Waals surface area contributed by atoms with Crippen molar-refractivity contribution < 1.29 is 39.9 Å². The van der Waals surface area contributed by atoms with E-state index in [1.807, 2.05) is 0 Å². The van der Waals surface area contributed by atoms with E-state index >= 15 is 0 Å². The first kappa shape index (κ1) is 21.0. The van der Waals surface area contributed by atoms with Gasteiger partial charge in [0.15, 0.2) is 9.84 Å². The summed E-state index contributed by atoms with van der Waals surface area (Å²) in [5, 5.41) is 0. The van der Waals surface area contributed by atoms with Crippen LogP contribution >= 0.6 is 0 Å². The van der Waals surface area contributed by atoms with Gasteiger partial charge in [-0.25, -0.2) is 22.0 Å². The van der Waals surface area contributed by atoms with Crippen LogP contribution in [-0.4, -0.2) is 27.2 Å². The second kappa shape index (κ2) is 6.94. The first-order chi connectivity index (χ1) is 13.3. The van der Waals surface area contributed by atoms with Crippen LogP contribution in [0.25, 0.3) is 11.1 Å². The molecule has 154 valence electrons. The Balaban J connectivity index is 2.19. The molecule has 0 atom stereocenters. The maximum Gasteiger partial charge on any atom is 0.416 e. The molecule has 29 heavy (non-hydrogen) atoms. The lowest BCUT2D eigenvalue weighted by molar-refractivity contribution is -0.138. The second-order valence-electron chi connectivity index (χ2n) is 6.50. The third-order valence-corrected chi connectivity index (χ3v) is 5.52. The molecule has 1 heterocycles. The van der Waals surface area contributed by atoms with Gasteiger partial charge in [0.2, 0.25) is 0 Å². The molecule has 0 saturated heterocycles. The molecule has 1 aliphatic rings. The largest absolute Gasteiger partial charge is 0.457 e. The highest BCUT2D eigenvalue weighted by molar-refractivity contribution is 7.90. The molecule has 3 rings (SSSR count). The predicted octanol–water partition coefficient (Wildman–Crippen LogP) is 4.16. The number of cyclic esters (lactones) is 1. The highest BCUT2D eigenvalue weighted by Gasteiger charge is 2.34. The zero-order chi connectivity index (χ0) is 21.7. The average molecular weight is 432 g/mol. The summed E-state index contributed by atoms with van der Waals surface area (Å²) in [6.45, 7) is 0.846. The van der Waals surface area contributed by atoms with E-state index in [-0.39, 0.29) is 34.4 Å². The van der Waals surface area contributed by atoms with Crippen LogP contribution in [0.5, 0.6) is 0 Å². The van der Waals surface area contributed by atoms with Crippen molar-refractivity contribution >= 4 is 27.0 Å². The van der Waals surface area contributed by atoms with Crippen LogP contribution in [-0.2, 0) is 25.5 Å². The Morgan fingerprint density at radius 3 is 2.07 bits per heavy atom. The molecular formula is C19H13F5O4S.